The highest BCUT2D eigenvalue weighted by molar-refractivity contribution is 5.18. The Bertz CT molecular complexity index is 351. The maximum atomic E-state index is 10.5. The average Bonchev–Trinajstić information content (AvgIpc) is 2.46. The molecule has 0 saturated carbocycles. The van der Waals surface area contributed by atoms with Crippen molar-refractivity contribution in [1.29, 1.82) is 0 Å². The van der Waals surface area contributed by atoms with Crippen LogP contribution in [0.5, 0.6) is 0 Å². The lowest BCUT2D eigenvalue weighted by atomic mass is 9.81. The van der Waals surface area contributed by atoms with Crippen LogP contribution in [0.4, 0.5) is 0 Å². The average molecular weight is 247 g/mol. The minimum atomic E-state index is -0.362. The van der Waals surface area contributed by atoms with Crippen LogP contribution in [0.1, 0.15) is 44.8 Å². The lowest BCUT2D eigenvalue weighted by Gasteiger charge is -2.36. The molecule has 0 aromatic heterocycles. The Balaban J connectivity index is 2.00. The number of hydrogen-bond donors (Lipinski definition) is 2. The zero-order valence-corrected chi connectivity index (χ0v) is 11.5. The van der Waals surface area contributed by atoms with Gasteiger partial charge in [-0.15, -0.1) is 0 Å². The first-order chi connectivity index (χ1) is 8.72. The van der Waals surface area contributed by atoms with E-state index >= 15 is 0 Å². The third-order valence-corrected chi connectivity index (χ3v) is 4.40. The molecule has 1 aromatic carbocycles. The summed E-state index contributed by atoms with van der Waals surface area (Å²) in [6, 6.07) is 10.5. The summed E-state index contributed by atoms with van der Waals surface area (Å²) in [5, 5.41) is 14.0. The van der Waals surface area contributed by atoms with Gasteiger partial charge in [-0.25, -0.2) is 0 Å². The van der Waals surface area contributed by atoms with Crippen LogP contribution in [0.15, 0.2) is 30.3 Å². The van der Waals surface area contributed by atoms with Gasteiger partial charge in [0.15, 0.2) is 0 Å². The lowest BCUT2D eigenvalue weighted by molar-refractivity contribution is 0.0779. The summed E-state index contributed by atoms with van der Waals surface area (Å²) in [4.78, 5) is 0. The molecule has 1 heterocycles. The number of aliphatic hydroxyl groups is 1. The van der Waals surface area contributed by atoms with Crippen LogP contribution in [0, 0.1) is 11.8 Å². The summed E-state index contributed by atoms with van der Waals surface area (Å²) in [6.07, 6.45) is 3.37. The van der Waals surface area contributed by atoms with E-state index in [1.807, 2.05) is 30.3 Å². The summed E-state index contributed by atoms with van der Waals surface area (Å²) >= 11 is 0. The van der Waals surface area contributed by atoms with E-state index in [2.05, 4.69) is 19.2 Å². The molecule has 1 aliphatic rings. The Morgan fingerprint density at radius 2 is 2.06 bits per heavy atom. The number of nitrogens with one attached hydrogen (secondary N) is 1. The highest BCUT2D eigenvalue weighted by Gasteiger charge is 2.29. The number of rotatable bonds is 4. The van der Waals surface area contributed by atoms with Crippen LogP contribution < -0.4 is 5.32 Å². The molecule has 4 atom stereocenters. The van der Waals surface area contributed by atoms with E-state index in [4.69, 9.17) is 0 Å². The molecular formula is C16H25NO. The third-order valence-electron chi connectivity index (χ3n) is 4.40. The third kappa shape index (κ3) is 3.12. The van der Waals surface area contributed by atoms with Crippen molar-refractivity contribution in [1.82, 2.24) is 5.32 Å². The standard InChI is InChI=1S/C16H25NO/c1-3-13-9-10-17-15(11-13)12(2)16(18)14-7-5-4-6-8-14/h4-8,12-13,15-18H,3,9-11H2,1-2H3. The predicted octanol–water partition coefficient (Wildman–Crippen LogP) is 3.13. The Kier molecular flexibility index (Phi) is 4.79. The second-order valence-corrected chi connectivity index (χ2v) is 5.57. The van der Waals surface area contributed by atoms with Crippen LogP contribution in [0.2, 0.25) is 0 Å². The van der Waals surface area contributed by atoms with E-state index in [1.165, 1.54) is 19.3 Å². The number of aliphatic hydroxyl groups excluding tert-OH is 1. The zero-order chi connectivity index (χ0) is 13.0. The van der Waals surface area contributed by atoms with Gasteiger partial charge in [0.25, 0.3) is 0 Å². The van der Waals surface area contributed by atoms with E-state index in [0.717, 1.165) is 18.0 Å². The molecule has 0 amide bonds. The van der Waals surface area contributed by atoms with E-state index in [9.17, 15) is 5.11 Å². The molecule has 100 valence electrons. The fraction of sp³-hybridized carbons (Fsp3) is 0.625. The van der Waals surface area contributed by atoms with Crippen molar-refractivity contribution in [2.24, 2.45) is 11.8 Å². The van der Waals surface area contributed by atoms with Gasteiger partial charge in [0, 0.05) is 12.0 Å². The molecule has 1 fully saturated rings. The normalized spacial score (nSPS) is 27.7. The second kappa shape index (κ2) is 6.35. The Morgan fingerprint density at radius 3 is 2.72 bits per heavy atom. The van der Waals surface area contributed by atoms with Gasteiger partial charge in [0.05, 0.1) is 6.10 Å². The minimum Gasteiger partial charge on any atom is -0.388 e. The molecule has 2 nitrogen and oxygen atoms in total. The monoisotopic (exact) mass is 247 g/mol. The quantitative estimate of drug-likeness (QED) is 0.856. The van der Waals surface area contributed by atoms with Crippen LogP contribution >= 0.6 is 0 Å². The molecule has 2 rings (SSSR count). The zero-order valence-electron chi connectivity index (χ0n) is 11.5. The van der Waals surface area contributed by atoms with Gasteiger partial charge in [-0.1, -0.05) is 50.6 Å². The van der Waals surface area contributed by atoms with E-state index in [1.54, 1.807) is 0 Å². The van der Waals surface area contributed by atoms with Crippen LogP contribution in [-0.4, -0.2) is 17.7 Å². The molecule has 1 saturated heterocycles. The summed E-state index contributed by atoms with van der Waals surface area (Å²) in [6.45, 7) is 5.52. The first-order valence-corrected chi connectivity index (χ1v) is 7.18. The fourth-order valence-corrected chi connectivity index (χ4v) is 2.98. The SMILES string of the molecule is CCC1CCNC(C(C)C(O)c2ccccc2)C1. The minimum absolute atomic E-state index is 0.266. The van der Waals surface area contributed by atoms with Crippen molar-refractivity contribution < 1.29 is 5.11 Å². The summed E-state index contributed by atoms with van der Waals surface area (Å²) in [7, 11) is 0. The van der Waals surface area contributed by atoms with Crippen molar-refractivity contribution >= 4 is 0 Å². The molecule has 18 heavy (non-hydrogen) atoms. The van der Waals surface area contributed by atoms with Gasteiger partial charge >= 0.3 is 0 Å². The molecule has 2 heteroatoms. The Labute approximate surface area is 110 Å². The lowest BCUT2D eigenvalue weighted by Crippen LogP contribution is -2.43. The Morgan fingerprint density at radius 1 is 1.33 bits per heavy atom. The molecule has 4 unspecified atom stereocenters. The second-order valence-electron chi connectivity index (χ2n) is 5.57. The van der Waals surface area contributed by atoms with E-state index < -0.39 is 0 Å². The number of piperidine rings is 1. The van der Waals surface area contributed by atoms with Gasteiger partial charge in [0.2, 0.25) is 0 Å². The van der Waals surface area contributed by atoms with E-state index in [0.29, 0.717) is 6.04 Å². The fourth-order valence-electron chi connectivity index (χ4n) is 2.98. The largest absolute Gasteiger partial charge is 0.388 e. The molecule has 0 aliphatic carbocycles. The molecule has 0 bridgehead atoms. The molecule has 1 aromatic rings. The smallest absolute Gasteiger partial charge is 0.0830 e. The highest BCUT2D eigenvalue weighted by Crippen LogP contribution is 2.30. The van der Waals surface area contributed by atoms with Crippen LogP contribution in [0.25, 0.3) is 0 Å². The van der Waals surface area contributed by atoms with Crippen molar-refractivity contribution in [2.75, 3.05) is 6.54 Å². The van der Waals surface area contributed by atoms with Gasteiger partial charge in [0.1, 0.15) is 0 Å². The van der Waals surface area contributed by atoms with Gasteiger partial charge in [-0.3, -0.25) is 0 Å². The Hall–Kier alpha value is -0.860. The summed E-state index contributed by atoms with van der Waals surface area (Å²) in [5.41, 5.74) is 1.03. The van der Waals surface area contributed by atoms with Gasteiger partial charge in [-0.2, -0.15) is 0 Å². The molecule has 0 radical (unpaired) electrons. The van der Waals surface area contributed by atoms with Crippen molar-refractivity contribution in [3.63, 3.8) is 0 Å². The van der Waals surface area contributed by atoms with Crippen LogP contribution in [0.3, 0.4) is 0 Å². The predicted molar refractivity (Wildman–Crippen MR) is 75.4 cm³/mol. The number of hydrogen-bond acceptors (Lipinski definition) is 2. The summed E-state index contributed by atoms with van der Waals surface area (Å²) < 4.78 is 0. The first kappa shape index (κ1) is 13.6. The number of benzene rings is 1. The molecule has 2 N–H and O–H groups in total. The maximum absolute atomic E-state index is 10.5. The first-order valence-electron chi connectivity index (χ1n) is 7.18. The molecular weight excluding hydrogens is 222 g/mol. The van der Waals surface area contributed by atoms with Crippen molar-refractivity contribution in [2.45, 2.75) is 45.3 Å². The van der Waals surface area contributed by atoms with Gasteiger partial charge in [-0.05, 0) is 30.9 Å². The topological polar surface area (TPSA) is 32.3 Å². The molecule has 1 aliphatic heterocycles. The summed E-state index contributed by atoms with van der Waals surface area (Å²) in [5.74, 6) is 1.09. The highest BCUT2D eigenvalue weighted by atomic mass is 16.3. The van der Waals surface area contributed by atoms with E-state index in [-0.39, 0.29) is 12.0 Å². The van der Waals surface area contributed by atoms with Crippen LogP contribution in [-0.2, 0) is 0 Å². The van der Waals surface area contributed by atoms with Crippen molar-refractivity contribution in [3.05, 3.63) is 35.9 Å². The molecule has 0 spiro atoms. The van der Waals surface area contributed by atoms with Crippen molar-refractivity contribution in [3.8, 4) is 0 Å². The van der Waals surface area contributed by atoms with Gasteiger partial charge < -0.3 is 10.4 Å². The maximum Gasteiger partial charge on any atom is 0.0830 e.